The fraction of sp³-hybridized carbons (Fsp3) is 0.500. The highest BCUT2D eigenvalue weighted by Gasteiger charge is 2.22. The van der Waals surface area contributed by atoms with Gasteiger partial charge in [0.15, 0.2) is 5.69 Å². The molecule has 0 amide bonds. The Balaban J connectivity index is 2.78. The van der Waals surface area contributed by atoms with E-state index in [1.54, 1.807) is 6.92 Å². The number of esters is 1. The van der Waals surface area contributed by atoms with Crippen molar-refractivity contribution in [3.63, 3.8) is 0 Å². The van der Waals surface area contributed by atoms with E-state index in [0.717, 1.165) is 0 Å². The monoisotopic (exact) mass is 241 g/mol. The summed E-state index contributed by atoms with van der Waals surface area (Å²) in [7, 11) is 1.25. The molecule has 0 atom stereocenters. The van der Waals surface area contributed by atoms with Crippen molar-refractivity contribution in [2.75, 3.05) is 25.6 Å². The van der Waals surface area contributed by atoms with Crippen LogP contribution in [-0.4, -0.2) is 52.0 Å². The van der Waals surface area contributed by atoms with Crippen LogP contribution in [0.5, 0.6) is 0 Å². The van der Waals surface area contributed by atoms with E-state index in [-0.39, 0.29) is 18.9 Å². The van der Waals surface area contributed by atoms with Crippen molar-refractivity contribution < 1.29 is 19.7 Å². The lowest BCUT2D eigenvalue weighted by atomic mass is 10.1. The van der Waals surface area contributed by atoms with Gasteiger partial charge in [-0.15, -0.1) is 0 Å². The number of aliphatic hydroxyl groups excluding tert-OH is 2. The van der Waals surface area contributed by atoms with Gasteiger partial charge in [-0.25, -0.2) is 14.8 Å². The molecule has 0 aromatic carbocycles. The van der Waals surface area contributed by atoms with E-state index in [1.165, 1.54) is 19.5 Å². The number of carbonyl (C=O) groups excluding carboxylic acids is 1. The molecule has 0 bridgehead atoms. The Bertz CT molecular complexity index is 376. The molecule has 94 valence electrons. The van der Waals surface area contributed by atoms with E-state index in [2.05, 4.69) is 20.0 Å². The van der Waals surface area contributed by atoms with Gasteiger partial charge in [-0.3, -0.25) is 0 Å². The molecule has 0 fully saturated rings. The Hall–Kier alpha value is -1.73. The summed E-state index contributed by atoms with van der Waals surface area (Å²) in [5, 5.41) is 21.0. The maximum absolute atomic E-state index is 11.1. The minimum absolute atomic E-state index is 0.0905. The van der Waals surface area contributed by atoms with Crippen LogP contribution in [-0.2, 0) is 4.74 Å². The maximum atomic E-state index is 11.1. The molecule has 7 nitrogen and oxygen atoms in total. The summed E-state index contributed by atoms with van der Waals surface area (Å²) < 4.78 is 4.48. The number of anilines is 1. The van der Waals surface area contributed by atoms with E-state index in [0.29, 0.717) is 5.82 Å². The highest BCUT2D eigenvalue weighted by atomic mass is 16.5. The molecule has 17 heavy (non-hydrogen) atoms. The minimum Gasteiger partial charge on any atom is -0.464 e. The third-order valence-corrected chi connectivity index (χ3v) is 2.17. The van der Waals surface area contributed by atoms with Crippen LogP contribution < -0.4 is 5.32 Å². The zero-order valence-corrected chi connectivity index (χ0v) is 9.67. The Morgan fingerprint density at radius 1 is 1.41 bits per heavy atom. The van der Waals surface area contributed by atoms with Crippen LogP contribution >= 0.6 is 0 Å². The van der Waals surface area contributed by atoms with Crippen LogP contribution in [0.15, 0.2) is 12.4 Å². The molecule has 3 N–H and O–H groups in total. The lowest BCUT2D eigenvalue weighted by molar-refractivity contribution is 0.0593. The number of hydrogen-bond acceptors (Lipinski definition) is 7. The van der Waals surface area contributed by atoms with Crippen LogP contribution in [0.2, 0.25) is 0 Å². The fourth-order valence-electron chi connectivity index (χ4n) is 1.04. The van der Waals surface area contributed by atoms with Crippen LogP contribution in [0.3, 0.4) is 0 Å². The van der Waals surface area contributed by atoms with Gasteiger partial charge in [-0.2, -0.15) is 0 Å². The Labute approximate surface area is 98.5 Å². The van der Waals surface area contributed by atoms with Gasteiger partial charge in [-0.05, 0) is 6.92 Å². The molecule has 0 saturated heterocycles. The average molecular weight is 241 g/mol. The smallest absolute Gasteiger partial charge is 0.358 e. The molecule has 0 aliphatic heterocycles. The van der Waals surface area contributed by atoms with E-state index < -0.39 is 11.5 Å². The summed E-state index contributed by atoms with van der Waals surface area (Å²) >= 11 is 0. The number of aliphatic hydroxyl groups is 2. The standard InChI is InChI=1S/C10H15N3O4/c1-10(5-14,6-15)13-8-4-11-7(3-12-8)9(16)17-2/h3-4,14-15H,5-6H2,1-2H3,(H,12,13). The lowest BCUT2D eigenvalue weighted by Gasteiger charge is -2.26. The first-order valence-electron chi connectivity index (χ1n) is 4.95. The van der Waals surface area contributed by atoms with Crippen molar-refractivity contribution >= 4 is 11.8 Å². The molecule has 1 aromatic rings. The predicted octanol–water partition coefficient (Wildman–Crippen LogP) is -0.582. The van der Waals surface area contributed by atoms with E-state index in [9.17, 15) is 4.79 Å². The molecule has 0 radical (unpaired) electrons. The molecule has 1 heterocycles. The van der Waals surface area contributed by atoms with Crippen molar-refractivity contribution in [3.05, 3.63) is 18.1 Å². The number of nitrogens with one attached hydrogen (secondary N) is 1. The third-order valence-electron chi connectivity index (χ3n) is 2.17. The van der Waals surface area contributed by atoms with Crippen molar-refractivity contribution in [2.45, 2.75) is 12.5 Å². The summed E-state index contributed by atoms with van der Waals surface area (Å²) in [6.45, 7) is 1.11. The molecule has 7 heteroatoms. The summed E-state index contributed by atoms with van der Waals surface area (Å²) in [5.41, 5.74) is -0.797. The molecule has 0 unspecified atom stereocenters. The first-order chi connectivity index (χ1) is 8.04. The normalized spacial score (nSPS) is 11.1. The summed E-state index contributed by atoms with van der Waals surface area (Å²) in [4.78, 5) is 18.9. The SMILES string of the molecule is COC(=O)c1cnc(NC(C)(CO)CO)cn1. The number of hydrogen-bond donors (Lipinski definition) is 3. The second kappa shape index (κ2) is 5.55. The third kappa shape index (κ3) is 3.36. The molecule has 0 aliphatic carbocycles. The van der Waals surface area contributed by atoms with Crippen LogP contribution in [0.25, 0.3) is 0 Å². The molecular formula is C10H15N3O4. The van der Waals surface area contributed by atoms with Crippen molar-refractivity contribution in [2.24, 2.45) is 0 Å². The fourth-order valence-corrected chi connectivity index (χ4v) is 1.04. The van der Waals surface area contributed by atoms with Gasteiger partial charge in [0.05, 0.1) is 38.3 Å². The van der Waals surface area contributed by atoms with Gasteiger partial charge < -0.3 is 20.3 Å². The molecule has 1 rings (SSSR count). The lowest BCUT2D eigenvalue weighted by Crippen LogP contribution is -2.42. The maximum Gasteiger partial charge on any atom is 0.358 e. The van der Waals surface area contributed by atoms with Crippen LogP contribution in [0.4, 0.5) is 5.82 Å². The van der Waals surface area contributed by atoms with E-state index in [1.807, 2.05) is 0 Å². The second-order valence-corrected chi connectivity index (χ2v) is 3.78. The topological polar surface area (TPSA) is 105 Å². The van der Waals surface area contributed by atoms with Crippen LogP contribution in [0, 0.1) is 0 Å². The molecular weight excluding hydrogens is 226 g/mol. The number of ether oxygens (including phenoxy) is 1. The van der Waals surface area contributed by atoms with E-state index >= 15 is 0 Å². The second-order valence-electron chi connectivity index (χ2n) is 3.78. The number of carbonyl (C=O) groups is 1. The van der Waals surface area contributed by atoms with E-state index in [4.69, 9.17) is 10.2 Å². The Morgan fingerprint density at radius 2 is 2.06 bits per heavy atom. The highest BCUT2D eigenvalue weighted by molar-refractivity contribution is 5.86. The van der Waals surface area contributed by atoms with Gasteiger partial charge >= 0.3 is 5.97 Å². The number of rotatable bonds is 5. The quantitative estimate of drug-likeness (QED) is 0.592. The van der Waals surface area contributed by atoms with Crippen molar-refractivity contribution in [1.29, 1.82) is 0 Å². The van der Waals surface area contributed by atoms with Gasteiger partial charge in [0.1, 0.15) is 5.82 Å². The molecule has 0 spiro atoms. The highest BCUT2D eigenvalue weighted by Crippen LogP contribution is 2.11. The minimum atomic E-state index is -0.887. The molecule has 0 aliphatic rings. The predicted molar refractivity (Wildman–Crippen MR) is 59.6 cm³/mol. The van der Waals surface area contributed by atoms with Gasteiger partial charge in [0, 0.05) is 0 Å². The molecule has 0 saturated carbocycles. The average Bonchev–Trinajstić information content (AvgIpc) is 2.38. The van der Waals surface area contributed by atoms with Crippen molar-refractivity contribution in [1.82, 2.24) is 9.97 Å². The van der Waals surface area contributed by atoms with Crippen molar-refractivity contribution in [3.8, 4) is 0 Å². The Morgan fingerprint density at radius 3 is 2.47 bits per heavy atom. The summed E-state index contributed by atoms with van der Waals surface area (Å²) in [5.74, 6) is -0.223. The van der Waals surface area contributed by atoms with Gasteiger partial charge in [-0.1, -0.05) is 0 Å². The van der Waals surface area contributed by atoms with Crippen LogP contribution in [0.1, 0.15) is 17.4 Å². The Kier molecular flexibility index (Phi) is 4.36. The zero-order chi connectivity index (χ0) is 12.9. The van der Waals surface area contributed by atoms with Gasteiger partial charge in [0.25, 0.3) is 0 Å². The molecule has 1 aromatic heterocycles. The van der Waals surface area contributed by atoms with Gasteiger partial charge in [0.2, 0.25) is 0 Å². The number of nitrogens with zero attached hydrogens (tertiary/aromatic N) is 2. The summed E-state index contributed by atoms with van der Waals surface area (Å²) in [6.07, 6.45) is 2.58. The summed E-state index contributed by atoms with van der Waals surface area (Å²) in [6, 6.07) is 0. The number of methoxy groups -OCH3 is 1. The number of aromatic nitrogens is 2. The zero-order valence-electron chi connectivity index (χ0n) is 9.67. The first kappa shape index (κ1) is 13.3. The first-order valence-corrected chi connectivity index (χ1v) is 4.95. The largest absolute Gasteiger partial charge is 0.464 e.